The Labute approximate surface area is 131 Å². The molecule has 1 heterocycles. The number of carbonyl (C=O) groups is 1. The summed E-state index contributed by atoms with van der Waals surface area (Å²) in [4.78, 5) is 14.1. The average Bonchev–Trinajstić information content (AvgIpc) is 2.50. The normalized spacial score (nSPS) is 17.4. The number of carbonyl (C=O) groups excluding carboxylic acids is 1. The van der Waals surface area contributed by atoms with Gasteiger partial charge in [-0.05, 0) is 43.6 Å². The zero-order valence-corrected chi connectivity index (χ0v) is 13.2. The Morgan fingerprint density at radius 3 is 2.57 bits per heavy atom. The summed E-state index contributed by atoms with van der Waals surface area (Å²) in [5.41, 5.74) is 1.19. The minimum absolute atomic E-state index is 0.0755. The molecule has 0 saturated carbocycles. The first kappa shape index (κ1) is 16.3. The number of methoxy groups -OCH3 is 1. The van der Waals surface area contributed by atoms with Gasteiger partial charge in [0, 0.05) is 18.7 Å². The third-order valence-electron chi connectivity index (χ3n) is 3.85. The lowest BCUT2D eigenvalue weighted by Crippen LogP contribution is -2.41. The Hall–Kier alpha value is -1.10. The van der Waals surface area contributed by atoms with Crippen LogP contribution in [0.4, 0.5) is 0 Å². The van der Waals surface area contributed by atoms with E-state index in [1.54, 1.807) is 0 Å². The number of nitrogens with one attached hydrogen (secondary N) is 1. The molecule has 5 heteroatoms. The maximum absolute atomic E-state index is 11.6. The van der Waals surface area contributed by atoms with Gasteiger partial charge in [0.2, 0.25) is 5.91 Å². The minimum atomic E-state index is -0.0755. The Morgan fingerprint density at radius 1 is 1.29 bits per heavy atom. The Morgan fingerprint density at radius 2 is 1.95 bits per heavy atom. The molecule has 1 atom stereocenters. The number of nitrogens with zero attached hydrogens (tertiary/aromatic N) is 1. The molecular weight excluding hydrogens is 288 g/mol. The predicted molar refractivity (Wildman–Crippen MR) is 84.5 cm³/mol. The molecule has 1 amide bonds. The highest BCUT2D eigenvalue weighted by atomic mass is 35.5. The van der Waals surface area contributed by atoms with E-state index < -0.39 is 0 Å². The van der Waals surface area contributed by atoms with E-state index in [4.69, 9.17) is 16.3 Å². The summed E-state index contributed by atoms with van der Waals surface area (Å²) < 4.78 is 4.86. The number of hydrogen-bond donors (Lipinski definition) is 1. The van der Waals surface area contributed by atoms with Crippen LogP contribution in [0.15, 0.2) is 24.3 Å². The lowest BCUT2D eigenvalue weighted by atomic mass is 10.0. The van der Waals surface area contributed by atoms with Crippen LogP contribution in [0.1, 0.15) is 30.9 Å². The molecule has 2 rings (SSSR count). The Kier molecular flexibility index (Phi) is 6.49. The first-order valence-electron chi connectivity index (χ1n) is 7.46. The van der Waals surface area contributed by atoms with E-state index in [2.05, 4.69) is 10.2 Å². The van der Waals surface area contributed by atoms with Gasteiger partial charge in [0.05, 0.1) is 6.04 Å². The van der Waals surface area contributed by atoms with Crippen LogP contribution < -0.4 is 5.32 Å². The summed E-state index contributed by atoms with van der Waals surface area (Å²) in [5, 5.41) is 3.69. The van der Waals surface area contributed by atoms with Crippen molar-refractivity contribution in [3.8, 4) is 0 Å². The second kappa shape index (κ2) is 8.37. The largest absolute Gasteiger partial charge is 0.375 e. The molecule has 0 aliphatic carbocycles. The predicted octanol–water partition coefficient (Wildman–Crippen LogP) is 2.63. The number of amides is 1. The quantitative estimate of drug-likeness (QED) is 0.878. The summed E-state index contributed by atoms with van der Waals surface area (Å²) in [6.07, 6.45) is 3.73. The summed E-state index contributed by atoms with van der Waals surface area (Å²) in [6.45, 7) is 2.86. The third kappa shape index (κ3) is 4.99. The summed E-state index contributed by atoms with van der Waals surface area (Å²) in [6, 6.07) is 8.10. The van der Waals surface area contributed by atoms with Crippen LogP contribution in [0, 0.1) is 0 Å². The molecule has 0 spiro atoms. The average molecular weight is 311 g/mol. The number of likely N-dealkylation sites (tertiary alicyclic amines) is 1. The number of halogens is 1. The van der Waals surface area contributed by atoms with Crippen LogP contribution in [0.2, 0.25) is 5.02 Å². The number of hydrogen-bond acceptors (Lipinski definition) is 3. The molecule has 1 unspecified atom stereocenters. The van der Waals surface area contributed by atoms with Crippen molar-refractivity contribution in [2.75, 3.05) is 33.4 Å². The Balaban J connectivity index is 2.05. The van der Waals surface area contributed by atoms with Crippen molar-refractivity contribution >= 4 is 17.5 Å². The van der Waals surface area contributed by atoms with Crippen molar-refractivity contribution in [3.05, 3.63) is 34.9 Å². The molecule has 4 nitrogen and oxygen atoms in total. The molecule has 0 radical (unpaired) electrons. The highest BCUT2D eigenvalue weighted by Gasteiger charge is 2.22. The van der Waals surface area contributed by atoms with E-state index >= 15 is 0 Å². The fourth-order valence-electron chi connectivity index (χ4n) is 2.77. The van der Waals surface area contributed by atoms with Crippen molar-refractivity contribution in [1.29, 1.82) is 0 Å². The van der Waals surface area contributed by atoms with Gasteiger partial charge in [-0.2, -0.15) is 0 Å². The fourth-order valence-corrected chi connectivity index (χ4v) is 2.89. The number of ether oxygens (including phenoxy) is 1. The van der Waals surface area contributed by atoms with Crippen LogP contribution in [0.3, 0.4) is 0 Å². The maximum atomic E-state index is 11.6. The van der Waals surface area contributed by atoms with Crippen LogP contribution >= 0.6 is 11.6 Å². The van der Waals surface area contributed by atoms with Gasteiger partial charge in [-0.25, -0.2) is 0 Å². The van der Waals surface area contributed by atoms with Crippen molar-refractivity contribution in [2.24, 2.45) is 0 Å². The molecule has 1 N–H and O–H groups in total. The topological polar surface area (TPSA) is 41.6 Å². The molecular formula is C16H23ClN2O2. The van der Waals surface area contributed by atoms with Crippen LogP contribution in [0.25, 0.3) is 0 Å². The highest BCUT2D eigenvalue weighted by Crippen LogP contribution is 2.25. The van der Waals surface area contributed by atoms with Crippen molar-refractivity contribution in [1.82, 2.24) is 10.2 Å². The van der Waals surface area contributed by atoms with E-state index in [-0.39, 0.29) is 18.6 Å². The van der Waals surface area contributed by atoms with Crippen molar-refractivity contribution < 1.29 is 9.53 Å². The molecule has 116 valence electrons. The molecule has 1 saturated heterocycles. The number of rotatable bonds is 6. The second-order valence-electron chi connectivity index (χ2n) is 5.40. The molecule has 21 heavy (non-hydrogen) atoms. The lowest BCUT2D eigenvalue weighted by molar-refractivity contribution is -0.125. The maximum Gasteiger partial charge on any atom is 0.246 e. The second-order valence-corrected chi connectivity index (χ2v) is 5.84. The van der Waals surface area contributed by atoms with Crippen LogP contribution in [0.5, 0.6) is 0 Å². The minimum Gasteiger partial charge on any atom is -0.375 e. The van der Waals surface area contributed by atoms with Crippen molar-refractivity contribution in [3.63, 3.8) is 0 Å². The highest BCUT2D eigenvalue weighted by molar-refractivity contribution is 6.30. The van der Waals surface area contributed by atoms with Gasteiger partial charge in [0.1, 0.15) is 6.61 Å². The zero-order valence-electron chi connectivity index (χ0n) is 12.5. The molecule has 0 bridgehead atoms. The summed E-state index contributed by atoms with van der Waals surface area (Å²) in [7, 11) is 1.53. The Bertz CT molecular complexity index is 444. The van der Waals surface area contributed by atoms with E-state index in [1.807, 2.05) is 24.3 Å². The standard InChI is InChI=1S/C16H23ClN2O2/c1-21-12-16(20)18-11-15(19-9-3-2-4-10-19)13-5-7-14(17)8-6-13/h5-8,15H,2-4,9-12H2,1H3,(H,18,20). The molecule has 1 aliphatic heterocycles. The van der Waals surface area contributed by atoms with E-state index in [0.29, 0.717) is 6.54 Å². The van der Waals surface area contributed by atoms with Gasteiger partial charge in [-0.1, -0.05) is 30.2 Å². The summed E-state index contributed by atoms with van der Waals surface area (Å²) in [5.74, 6) is -0.0755. The fraction of sp³-hybridized carbons (Fsp3) is 0.562. The molecule has 1 aromatic carbocycles. The van der Waals surface area contributed by atoms with Crippen LogP contribution in [-0.2, 0) is 9.53 Å². The van der Waals surface area contributed by atoms with Gasteiger partial charge in [0.25, 0.3) is 0 Å². The molecule has 1 aromatic rings. The van der Waals surface area contributed by atoms with Gasteiger partial charge >= 0.3 is 0 Å². The van der Waals surface area contributed by atoms with Gasteiger partial charge < -0.3 is 10.1 Å². The van der Waals surface area contributed by atoms with Gasteiger partial charge in [-0.15, -0.1) is 0 Å². The lowest BCUT2D eigenvalue weighted by Gasteiger charge is -2.35. The molecule has 1 aliphatic rings. The van der Waals surface area contributed by atoms with Crippen molar-refractivity contribution in [2.45, 2.75) is 25.3 Å². The zero-order chi connectivity index (χ0) is 15.1. The first-order chi connectivity index (χ1) is 10.2. The molecule has 0 aromatic heterocycles. The van der Waals surface area contributed by atoms with E-state index in [1.165, 1.54) is 31.9 Å². The van der Waals surface area contributed by atoms with E-state index in [9.17, 15) is 4.79 Å². The SMILES string of the molecule is COCC(=O)NCC(c1ccc(Cl)cc1)N1CCCCC1. The number of benzene rings is 1. The molecule has 1 fully saturated rings. The van der Waals surface area contributed by atoms with Gasteiger partial charge in [0.15, 0.2) is 0 Å². The first-order valence-corrected chi connectivity index (χ1v) is 7.83. The smallest absolute Gasteiger partial charge is 0.246 e. The monoisotopic (exact) mass is 310 g/mol. The van der Waals surface area contributed by atoms with Crippen LogP contribution in [-0.4, -0.2) is 44.2 Å². The van der Waals surface area contributed by atoms with Gasteiger partial charge in [-0.3, -0.25) is 9.69 Å². The van der Waals surface area contributed by atoms with E-state index in [0.717, 1.165) is 18.1 Å². The third-order valence-corrected chi connectivity index (χ3v) is 4.11. The summed E-state index contributed by atoms with van der Waals surface area (Å²) >= 11 is 5.97. The number of piperidine rings is 1.